The highest BCUT2D eigenvalue weighted by Gasteiger charge is 2.43. The fraction of sp³-hybridized carbons (Fsp3) is 0.385. The zero-order chi connectivity index (χ0) is 29.2. The maximum atomic E-state index is 14.4. The maximum absolute atomic E-state index is 14.4. The van der Waals surface area contributed by atoms with Crippen molar-refractivity contribution in [3.63, 3.8) is 0 Å². The molecule has 8 nitrogen and oxygen atoms in total. The molecule has 0 spiro atoms. The Bertz CT molecular complexity index is 1360. The Kier molecular flexibility index (Phi) is 9.01. The molecule has 14 heteroatoms. The molecule has 1 aromatic carbocycles. The van der Waals surface area contributed by atoms with E-state index in [-0.39, 0.29) is 47.8 Å². The molecular weight excluding hydrogens is 579 g/mol. The zero-order valence-corrected chi connectivity index (χ0v) is 22.3. The van der Waals surface area contributed by atoms with Crippen molar-refractivity contribution in [3.8, 4) is 0 Å². The van der Waals surface area contributed by atoms with Crippen LogP contribution in [-0.4, -0.2) is 48.3 Å². The first-order valence-corrected chi connectivity index (χ1v) is 13.0. The topological polar surface area (TPSA) is 109 Å². The number of aliphatic hydroxyl groups is 1. The molecule has 40 heavy (non-hydrogen) atoms. The first-order valence-electron chi connectivity index (χ1n) is 12.2. The highest BCUT2D eigenvalue weighted by Crippen LogP contribution is 2.39. The van der Waals surface area contributed by atoms with Crippen LogP contribution >= 0.6 is 23.2 Å². The predicted molar refractivity (Wildman–Crippen MR) is 136 cm³/mol. The molecule has 0 saturated heterocycles. The molecule has 0 bridgehead atoms. The van der Waals surface area contributed by atoms with Crippen LogP contribution in [0.25, 0.3) is 0 Å². The number of aliphatic carboxylic acids is 1. The van der Waals surface area contributed by atoms with Gasteiger partial charge in [0.1, 0.15) is 5.82 Å². The molecule has 2 aromatic heterocycles. The van der Waals surface area contributed by atoms with E-state index in [0.29, 0.717) is 5.56 Å². The third-order valence-corrected chi connectivity index (χ3v) is 7.48. The molecule has 1 fully saturated rings. The standard InChI is InChI=1S/C26H24Cl2F4N4O4/c27-19-10-33-11-20(28)22(19)21(37)13-35(12-14-1-5-16(29)6-2-14)24(38)18-9-34-36(23(18)26(30,31)32)17-7-3-15(4-8-17)25(39)40/h1-2,5-6,9-11,15,17,21,37H,3-4,7-8,12-13H2,(H,39,40)/t15-,17-,21?. The number of pyridine rings is 1. The summed E-state index contributed by atoms with van der Waals surface area (Å²) in [5, 5.41) is 24.1. The number of hydrogen-bond donors (Lipinski definition) is 2. The second kappa shape index (κ2) is 12.1. The highest BCUT2D eigenvalue weighted by molar-refractivity contribution is 6.35. The van der Waals surface area contributed by atoms with Crippen LogP contribution in [-0.2, 0) is 17.5 Å². The predicted octanol–water partition coefficient (Wildman–Crippen LogP) is 5.93. The van der Waals surface area contributed by atoms with Crippen molar-refractivity contribution in [1.29, 1.82) is 0 Å². The normalized spacial score (nSPS) is 18.4. The molecule has 1 saturated carbocycles. The lowest BCUT2D eigenvalue weighted by atomic mass is 9.86. The van der Waals surface area contributed by atoms with Gasteiger partial charge >= 0.3 is 12.1 Å². The zero-order valence-electron chi connectivity index (χ0n) is 20.8. The molecule has 2 heterocycles. The van der Waals surface area contributed by atoms with E-state index in [1.54, 1.807) is 0 Å². The molecule has 2 N–H and O–H groups in total. The summed E-state index contributed by atoms with van der Waals surface area (Å²) in [6, 6.07) is 4.25. The molecule has 1 amide bonds. The minimum absolute atomic E-state index is 0.00468. The molecular formula is C26H24Cl2F4N4O4. The van der Waals surface area contributed by atoms with Crippen LogP contribution in [0.15, 0.2) is 42.9 Å². The van der Waals surface area contributed by atoms with Crippen LogP contribution in [0.4, 0.5) is 17.6 Å². The Morgan fingerprint density at radius 1 is 1.05 bits per heavy atom. The van der Waals surface area contributed by atoms with Crippen LogP contribution in [0.5, 0.6) is 0 Å². The Hall–Kier alpha value is -3.22. The Morgan fingerprint density at radius 3 is 2.20 bits per heavy atom. The molecule has 1 aliphatic rings. The summed E-state index contributed by atoms with van der Waals surface area (Å²) in [5.74, 6) is -3.28. The van der Waals surface area contributed by atoms with Crippen LogP contribution in [0.2, 0.25) is 10.0 Å². The third kappa shape index (κ3) is 6.56. The van der Waals surface area contributed by atoms with E-state index in [9.17, 15) is 37.4 Å². The third-order valence-electron chi connectivity index (χ3n) is 6.88. The molecule has 3 aromatic rings. The molecule has 4 rings (SSSR count). The van der Waals surface area contributed by atoms with Gasteiger partial charge in [-0.15, -0.1) is 0 Å². The van der Waals surface area contributed by atoms with Gasteiger partial charge in [-0.3, -0.25) is 19.3 Å². The van der Waals surface area contributed by atoms with Gasteiger partial charge in [0.2, 0.25) is 0 Å². The van der Waals surface area contributed by atoms with Gasteiger partial charge in [-0.2, -0.15) is 18.3 Å². The minimum Gasteiger partial charge on any atom is -0.481 e. The van der Waals surface area contributed by atoms with E-state index in [1.807, 2.05) is 0 Å². The largest absolute Gasteiger partial charge is 0.481 e. The van der Waals surface area contributed by atoms with Crippen molar-refractivity contribution < 1.29 is 37.4 Å². The first-order chi connectivity index (χ1) is 18.9. The lowest BCUT2D eigenvalue weighted by Gasteiger charge is -2.29. The number of aliphatic hydroxyl groups excluding tert-OH is 1. The van der Waals surface area contributed by atoms with Gasteiger partial charge in [-0.1, -0.05) is 35.3 Å². The van der Waals surface area contributed by atoms with E-state index in [4.69, 9.17) is 23.2 Å². The molecule has 1 aliphatic carbocycles. The highest BCUT2D eigenvalue weighted by atomic mass is 35.5. The second-order valence-corrected chi connectivity index (χ2v) is 10.4. The quantitative estimate of drug-likeness (QED) is 0.309. The lowest BCUT2D eigenvalue weighted by molar-refractivity contribution is -0.147. The molecule has 0 radical (unpaired) electrons. The van der Waals surface area contributed by atoms with Crippen LogP contribution in [0.3, 0.4) is 0 Å². The average molecular weight is 603 g/mol. The van der Waals surface area contributed by atoms with Crippen molar-refractivity contribution in [3.05, 3.63) is 81.1 Å². The smallest absolute Gasteiger partial charge is 0.433 e. The monoisotopic (exact) mass is 602 g/mol. The molecule has 0 aliphatic heterocycles. The van der Waals surface area contributed by atoms with E-state index in [2.05, 4.69) is 10.1 Å². The fourth-order valence-corrected chi connectivity index (χ4v) is 5.50. The average Bonchev–Trinajstić information content (AvgIpc) is 3.35. The maximum Gasteiger partial charge on any atom is 0.433 e. The number of halogens is 6. The van der Waals surface area contributed by atoms with Crippen molar-refractivity contribution >= 4 is 35.1 Å². The number of carbonyl (C=O) groups is 2. The van der Waals surface area contributed by atoms with Crippen molar-refractivity contribution in [2.45, 2.75) is 50.6 Å². The van der Waals surface area contributed by atoms with E-state index < -0.39 is 59.7 Å². The molecule has 1 unspecified atom stereocenters. The number of nitrogens with zero attached hydrogens (tertiary/aromatic N) is 4. The Morgan fingerprint density at radius 2 is 1.65 bits per heavy atom. The number of rotatable bonds is 8. The van der Waals surface area contributed by atoms with Crippen LogP contribution in [0, 0.1) is 11.7 Å². The van der Waals surface area contributed by atoms with Crippen LogP contribution in [0.1, 0.15) is 65.0 Å². The van der Waals surface area contributed by atoms with E-state index >= 15 is 0 Å². The van der Waals surface area contributed by atoms with E-state index in [0.717, 1.165) is 27.9 Å². The molecule has 214 valence electrons. The van der Waals surface area contributed by atoms with Gasteiger partial charge in [-0.05, 0) is 43.4 Å². The number of benzene rings is 1. The first kappa shape index (κ1) is 29.8. The summed E-state index contributed by atoms with van der Waals surface area (Å²) in [5.41, 5.74) is -1.58. The van der Waals surface area contributed by atoms with Gasteiger partial charge in [-0.25, -0.2) is 4.39 Å². The molecule has 1 atom stereocenters. The Labute approximate surface area is 236 Å². The fourth-order valence-electron chi connectivity index (χ4n) is 4.89. The summed E-state index contributed by atoms with van der Waals surface area (Å²) in [6.45, 7) is -0.783. The van der Waals surface area contributed by atoms with Gasteiger partial charge in [0.05, 0.1) is 46.4 Å². The van der Waals surface area contributed by atoms with Crippen molar-refractivity contribution in [2.75, 3.05) is 6.54 Å². The second-order valence-electron chi connectivity index (χ2n) is 9.54. The number of carbonyl (C=O) groups excluding carboxylic acids is 1. The summed E-state index contributed by atoms with van der Waals surface area (Å²) < 4.78 is 57.3. The van der Waals surface area contributed by atoms with Crippen molar-refractivity contribution in [1.82, 2.24) is 19.7 Å². The number of carboxylic acid groups (broad SMARTS) is 1. The van der Waals surface area contributed by atoms with Gasteiger partial charge < -0.3 is 15.1 Å². The SMILES string of the molecule is O=C(c1cnn([C@H]2CC[C@H](C(=O)O)CC2)c1C(F)(F)F)N(Cc1ccc(F)cc1)CC(O)c1c(Cl)cncc1Cl. The van der Waals surface area contributed by atoms with Gasteiger partial charge in [0.15, 0.2) is 5.69 Å². The lowest BCUT2D eigenvalue weighted by Crippen LogP contribution is -2.36. The summed E-state index contributed by atoms with van der Waals surface area (Å²) in [7, 11) is 0. The number of hydrogen-bond acceptors (Lipinski definition) is 5. The number of carboxylic acids is 1. The van der Waals surface area contributed by atoms with Crippen LogP contribution < -0.4 is 0 Å². The van der Waals surface area contributed by atoms with Crippen molar-refractivity contribution in [2.24, 2.45) is 5.92 Å². The van der Waals surface area contributed by atoms with Gasteiger partial charge in [0, 0.05) is 24.5 Å². The van der Waals surface area contributed by atoms with Gasteiger partial charge in [0.25, 0.3) is 5.91 Å². The Balaban J connectivity index is 1.69. The summed E-state index contributed by atoms with van der Waals surface area (Å²) in [6.07, 6.45) is -2.55. The number of alkyl halides is 3. The number of aromatic nitrogens is 3. The summed E-state index contributed by atoms with van der Waals surface area (Å²) >= 11 is 12.3. The minimum atomic E-state index is -4.97. The number of amides is 1. The van der Waals surface area contributed by atoms with E-state index in [1.165, 1.54) is 24.5 Å². The summed E-state index contributed by atoms with van der Waals surface area (Å²) in [4.78, 5) is 29.7.